The van der Waals surface area contributed by atoms with E-state index in [9.17, 15) is 0 Å². The molecule has 0 bridgehead atoms. The average Bonchev–Trinajstić information content (AvgIpc) is 3.80. The number of rotatable bonds is 6. The van der Waals surface area contributed by atoms with Gasteiger partial charge in [0.05, 0.1) is 0 Å². The number of hydrogen-bond acceptors (Lipinski definition) is 2. The maximum atomic E-state index is 2.86. The summed E-state index contributed by atoms with van der Waals surface area (Å²) in [6, 6.07) is 25.9. The fourth-order valence-electron chi connectivity index (χ4n) is 11.9. The third-order valence-electron chi connectivity index (χ3n) is 14.5. The first kappa shape index (κ1) is 34.4. The van der Waals surface area contributed by atoms with E-state index >= 15 is 0 Å². The van der Waals surface area contributed by atoms with Gasteiger partial charge in [-0.3, -0.25) is 0 Å². The van der Waals surface area contributed by atoms with Gasteiger partial charge in [0.15, 0.2) is 0 Å². The molecule has 2 heteroatoms. The highest BCUT2D eigenvalue weighted by Crippen LogP contribution is 2.55. The first-order valence-corrected chi connectivity index (χ1v) is 22.2. The van der Waals surface area contributed by atoms with Crippen LogP contribution in [0.5, 0.6) is 0 Å². The standard InChI is InChI=1S/C54H56N2/c1-4-16-37(17-5-1)40-22-14-23-44(33-40)56-52-29-13-10-24-47(52)49-27-15-26-46(54(49)56)41-30-31-53-50(36-41)48-25-11-12-28-51(48)55(53)45-34-42(38-18-6-2-7-19-38)32-43(35-45)39-20-8-3-9-21-39/h2,6-8,11,14-16,18,20-23,25,27,30-36,38,46-48,51-52H,1,3-5,9-10,12-13,17,19,24,26,28-29H2. The van der Waals surface area contributed by atoms with E-state index in [0.29, 0.717) is 35.8 Å². The van der Waals surface area contributed by atoms with Crippen molar-refractivity contribution < 1.29 is 0 Å². The quantitative estimate of drug-likeness (QED) is 0.233. The topological polar surface area (TPSA) is 6.48 Å². The van der Waals surface area contributed by atoms with Crippen LogP contribution in [-0.4, -0.2) is 12.1 Å². The van der Waals surface area contributed by atoms with E-state index in [1.165, 1.54) is 108 Å². The van der Waals surface area contributed by atoms with Crippen molar-refractivity contribution in [2.45, 2.75) is 120 Å². The van der Waals surface area contributed by atoms with E-state index in [1.807, 2.05) is 0 Å². The minimum absolute atomic E-state index is 0.370. The second-order valence-corrected chi connectivity index (χ2v) is 17.8. The molecule has 3 aromatic carbocycles. The van der Waals surface area contributed by atoms with Gasteiger partial charge in [-0.1, -0.05) is 116 Å². The number of fused-ring (bicyclic) bond motifs is 5. The summed E-state index contributed by atoms with van der Waals surface area (Å²) in [5.74, 6) is 1.83. The van der Waals surface area contributed by atoms with Gasteiger partial charge >= 0.3 is 0 Å². The smallest absolute Gasteiger partial charge is 0.0453 e. The van der Waals surface area contributed by atoms with Crippen LogP contribution in [0, 0.1) is 5.92 Å². The van der Waals surface area contributed by atoms with Crippen molar-refractivity contribution in [3.63, 3.8) is 0 Å². The lowest BCUT2D eigenvalue weighted by molar-refractivity contribution is 0.365. The van der Waals surface area contributed by atoms with Gasteiger partial charge in [-0.25, -0.2) is 0 Å². The number of hydrogen-bond donors (Lipinski definition) is 0. The Balaban J connectivity index is 0.999. The first-order valence-electron chi connectivity index (χ1n) is 22.2. The van der Waals surface area contributed by atoms with E-state index in [0.717, 1.165) is 32.1 Å². The van der Waals surface area contributed by atoms with Crippen molar-refractivity contribution in [3.05, 3.63) is 173 Å². The summed E-state index contributed by atoms with van der Waals surface area (Å²) < 4.78 is 0. The number of allylic oxidation sites excluding steroid dienone is 14. The van der Waals surface area contributed by atoms with Crippen LogP contribution < -0.4 is 9.80 Å². The summed E-state index contributed by atoms with van der Waals surface area (Å²) in [4.78, 5) is 5.61. The van der Waals surface area contributed by atoms with Gasteiger partial charge in [0.2, 0.25) is 0 Å². The molecule has 0 aromatic heterocycles. The molecule has 2 aliphatic heterocycles. The lowest BCUT2D eigenvalue weighted by atomic mass is 9.78. The van der Waals surface area contributed by atoms with Crippen LogP contribution in [0.15, 0.2) is 145 Å². The zero-order chi connectivity index (χ0) is 37.0. The normalized spacial score (nSPS) is 28.9. The summed E-state index contributed by atoms with van der Waals surface area (Å²) in [6.07, 6.45) is 46.0. The molecule has 0 radical (unpaired) electrons. The molecule has 0 spiro atoms. The van der Waals surface area contributed by atoms with E-state index in [4.69, 9.17) is 0 Å². The first-order chi connectivity index (χ1) is 27.8. The fourth-order valence-corrected chi connectivity index (χ4v) is 11.9. The van der Waals surface area contributed by atoms with Crippen molar-refractivity contribution >= 4 is 28.2 Å². The molecule has 6 unspecified atom stereocenters. The predicted molar refractivity (Wildman–Crippen MR) is 237 cm³/mol. The van der Waals surface area contributed by atoms with Crippen molar-refractivity contribution in [3.8, 4) is 0 Å². The molecule has 2 nitrogen and oxygen atoms in total. The third kappa shape index (κ3) is 5.98. The highest BCUT2D eigenvalue weighted by molar-refractivity contribution is 5.82. The monoisotopic (exact) mass is 732 g/mol. The Bertz CT molecular complexity index is 2290. The SMILES string of the molecule is C1=CCC(c2cc(C3=CCCC=C3)cc(N3c4ccc(C5CC=CC6=C5N(c5cccc(C7=CCCCC7)c5)C5CCCCC65)cc4C4C=CCCC43)c2)C=C1. The van der Waals surface area contributed by atoms with E-state index in [1.54, 1.807) is 16.8 Å². The van der Waals surface area contributed by atoms with Gasteiger partial charge in [0.25, 0.3) is 0 Å². The maximum absolute atomic E-state index is 2.86. The minimum Gasteiger partial charge on any atom is -0.340 e. The molecular weight excluding hydrogens is 677 g/mol. The van der Waals surface area contributed by atoms with Crippen molar-refractivity contribution in [1.82, 2.24) is 0 Å². The Morgan fingerprint density at radius 1 is 0.589 bits per heavy atom. The van der Waals surface area contributed by atoms with Crippen LogP contribution in [0.25, 0.3) is 11.1 Å². The predicted octanol–water partition coefficient (Wildman–Crippen LogP) is 14.3. The zero-order valence-corrected chi connectivity index (χ0v) is 33.0. The van der Waals surface area contributed by atoms with Crippen LogP contribution in [0.4, 0.5) is 17.1 Å². The third-order valence-corrected chi connectivity index (χ3v) is 14.5. The number of nitrogens with zero attached hydrogens (tertiary/aromatic N) is 2. The molecule has 1 saturated carbocycles. The van der Waals surface area contributed by atoms with Gasteiger partial charge in [-0.2, -0.15) is 0 Å². The van der Waals surface area contributed by atoms with Gasteiger partial charge in [-0.15, -0.1) is 0 Å². The van der Waals surface area contributed by atoms with Gasteiger partial charge < -0.3 is 9.80 Å². The lowest BCUT2D eigenvalue weighted by Gasteiger charge is -2.37. The average molecular weight is 733 g/mol. The molecule has 282 valence electrons. The molecule has 6 atom stereocenters. The Morgan fingerprint density at radius 2 is 1.55 bits per heavy atom. The Labute approximate surface area is 335 Å². The fraction of sp³-hybridized carbons (Fsp3) is 0.370. The van der Waals surface area contributed by atoms with Crippen LogP contribution in [-0.2, 0) is 0 Å². The molecule has 8 aliphatic rings. The second kappa shape index (κ2) is 14.6. The highest BCUT2D eigenvalue weighted by Gasteiger charge is 2.46. The van der Waals surface area contributed by atoms with E-state index in [2.05, 4.69) is 143 Å². The van der Waals surface area contributed by atoms with E-state index in [-0.39, 0.29) is 0 Å². The summed E-state index contributed by atoms with van der Waals surface area (Å²) in [5, 5.41) is 0. The Morgan fingerprint density at radius 3 is 2.45 bits per heavy atom. The molecule has 11 rings (SSSR count). The van der Waals surface area contributed by atoms with Crippen LogP contribution in [0.3, 0.4) is 0 Å². The van der Waals surface area contributed by atoms with Gasteiger partial charge in [0, 0.05) is 58.5 Å². The maximum Gasteiger partial charge on any atom is 0.0453 e. The second-order valence-electron chi connectivity index (χ2n) is 17.8. The molecule has 1 fully saturated rings. The summed E-state index contributed by atoms with van der Waals surface area (Å²) in [6.45, 7) is 0. The van der Waals surface area contributed by atoms with Crippen LogP contribution in [0.1, 0.15) is 135 Å². The highest BCUT2D eigenvalue weighted by atomic mass is 15.2. The molecule has 56 heavy (non-hydrogen) atoms. The van der Waals surface area contributed by atoms with Crippen LogP contribution >= 0.6 is 0 Å². The van der Waals surface area contributed by atoms with Crippen molar-refractivity contribution in [2.24, 2.45) is 5.92 Å². The van der Waals surface area contributed by atoms with Crippen LogP contribution in [0.2, 0.25) is 0 Å². The molecular formula is C54H56N2. The molecule has 6 aliphatic carbocycles. The summed E-state index contributed by atoms with van der Waals surface area (Å²) in [7, 11) is 0. The Hall–Kier alpha value is -4.82. The Kier molecular flexibility index (Phi) is 8.98. The largest absolute Gasteiger partial charge is 0.340 e. The van der Waals surface area contributed by atoms with Crippen molar-refractivity contribution in [1.29, 1.82) is 0 Å². The molecule has 2 heterocycles. The number of benzene rings is 3. The molecule has 0 N–H and O–H groups in total. The van der Waals surface area contributed by atoms with Gasteiger partial charge in [0.1, 0.15) is 0 Å². The molecule has 0 amide bonds. The summed E-state index contributed by atoms with van der Waals surface area (Å²) in [5.41, 5.74) is 17.6. The van der Waals surface area contributed by atoms with Crippen molar-refractivity contribution in [2.75, 3.05) is 9.80 Å². The summed E-state index contributed by atoms with van der Waals surface area (Å²) >= 11 is 0. The van der Waals surface area contributed by atoms with Gasteiger partial charge in [-0.05, 0) is 152 Å². The minimum atomic E-state index is 0.370. The zero-order valence-electron chi connectivity index (χ0n) is 33.0. The van der Waals surface area contributed by atoms with E-state index < -0.39 is 0 Å². The lowest BCUT2D eigenvalue weighted by Crippen LogP contribution is -2.37. The molecule has 3 aromatic rings. The number of anilines is 3. The molecule has 0 saturated heterocycles.